The number of hydrogen-bond donors (Lipinski definition) is 0. The van der Waals surface area contributed by atoms with Crippen LogP contribution in [-0.4, -0.2) is 19.0 Å². The Hall–Kier alpha value is -1.18. The maximum Gasteiger partial charge on any atom is 2.00 e. The summed E-state index contributed by atoms with van der Waals surface area (Å²) in [6.45, 7) is 12.9. The maximum atomic E-state index is 3.26. The van der Waals surface area contributed by atoms with Gasteiger partial charge in [0.2, 0.25) is 0 Å². The van der Waals surface area contributed by atoms with Crippen LogP contribution < -0.4 is 0 Å². The predicted molar refractivity (Wildman–Crippen MR) is 198 cm³/mol. The Morgan fingerprint density at radius 2 is 0.978 bits per heavy atom. The molecule has 2 fully saturated rings. The number of hydrogen-bond acceptors (Lipinski definition) is 0. The van der Waals surface area contributed by atoms with Gasteiger partial charge < -0.3 is 0 Å². The molecule has 2 saturated carbocycles. The first-order chi connectivity index (χ1) is 21.5. The van der Waals surface area contributed by atoms with Crippen LogP contribution in [0.25, 0.3) is 12.2 Å². The first kappa shape index (κ1) is 42.8. The maximum absolute atomic E-state index is 3.26. The molecule has 0 heterocycles. The molecule has 4 radical (unpaired) electrons. The second-order valence-corrected chi connectivity index (χ2v) is 13.9. The Morgan fingerprint density at radius 1 is 0.609 bits per heavy atom. The molecule has 4 unspecified atom stereocenters. The molecule has 2 aromatic rings. The van der Waals surface area contributed by atoms with Crippen molar-refractivity contribution >= 4 is 31.2 Å². The summed E-state index contributed by atoms with van der Waals surface area (Å²) in [4.78, 5) is 0. The van der Waals surface area contributed by atoms with Crippen molar-refractivity contribution in [1.29, 1.82) is 0 Å². The van der Waals surface area contributed by atoms with Crippen LogP contribution in [0.4, 0.5) is 0 Å². The molecule has 8 rings (SSSR count). The molecule has 0 aliphatic heterocycles. The van der Waals surface area contributed by atoms with Crippen molar-refractivity contribution in [2.75, 3.05) is 0 Å². The SMILES string of the molecule is C1=CCC2CC[CH-]C2=C1.C1=CCC2CC[CH-]C2=C1.CC1[C-]=Cc2ccccc21.CC1[C-]=Cc2ccccc21.C[Si]C.C[Si]C.[Zr+2].[Zr+2]. The minimum atomic E-state index is 0. The fourth-order valence-electron chi connectivity index (χ4n) is 6.01. The average Bonchev–Trinajstić information content (AvgIpc) is 3.87. The van der Waals surface area contributed by atoms with Crippen molar-refractivity contribution in [1.82, 2.24) is 0 Å². The zero-order valence-corrected chi connectivity index (χ0v) is 35.9. The zero-order valence-electron chi connectivity index (χ0n) is 28.9. The van der Waals surface area contributed by atoms with E-state index in [9.17, 15) is 0 Å². The Kier molecular flexibility index (Phi) is 23.2. The Balaban J connectivity index is 0.000000286. The fraction of sp³-hybridized carbons (Fsp3) is 0.381. The summed E-state index contributed by atoms with van der Waals surface area (Å²) in [5.41, 5.74) is 8.63. The fourth-order valence-corrected chi connectivity index (χ4v) is 6.01. The van der Waals surface area contributed by atoms with E-state index in [1.54, 1.807) is 11.1 Å². The molecule has 4 heteroatoms. The molecule has 0 aromatic heterocycles. The van der Waals surface area contributed by atoms with E-state index in [0.717, 1.165) is 30.9 Å². The smallest absolute Gasteiger partial charge is 0.269 e. The summed E-state index contributed by atoms with van der Waals surface area (Å²) in [5, 5.41) is 0. The van der Waals surface area contributed by atoms with Crippen LogP contribution in [0.5, 0.6) is 0 Å². The minimum absolute atomic E-state index is 0. The van der Waals surface area contributed by atoms with Gasteiger partial charge in [-0.3, -0.25) is 12.2 Å². The van der Waals surface area contributed by atoms with Gasteiger partial charge in [0.15, 0.2) is 0 Å². The quantitative estimate of drug-likeness (QED) is 0.184. The van der Waals surface area contributed by atoms with Crippen molar-refractivity contribution in [3.63, 3.8) is 0 Å². The van der Waals surface area contributed by atoms with E-state index in [1.165, 1.54) is 60.8 Å². The summed E-state index contributed by atoms with van der Waals surface area (Å²) in [5.74, 6) is 2.76. The Bertz CT molecular complexity index is 1210. The number of fused-ring (bicyclic) bond motifs is 4. The van der Waals surface area contributed by atoms with Gasteiger partial charge in [0.05, 0.1) is 0 Å². The van der Waals surface area contributed by atoms with E-state index in [1.807, 2.05) is 0 Å². The third kappa shape index (κ3) is 14.1. The van der Waals surface area contributed by atoms with Gasteiger partial charge in [-0.15, -0.1) is 60.4 Å². The van der Waals surface area contributed by atoms with Gasteiger partial charge in [-0.1, -0.05) is 101 Å². The molecule has 0 spiro atoms. The van der Waals surface area contributed by atoms with E-state index in [0.29, 0.717) is 11.8 Å². The van der Waals surface area contributed by atoms with Gasteiger partial charge in [0.1, 0.15) is 0 Å². The first-order valence-electron chi connectivity index (χ1n) is 16.5. The summed E-state index contributed by atoms with van der Waals surface area (Å²) in [6, 6.07) is 16.9. The third-order valence-electron chi connectivity index (χ3n) is 8.33. The Morgan fingerprint density at radius 3 is 1.33 bits per heavy atom. The summed E-state index contributed by atoms with van der Waals surface area (Å²) < 4.78 is 0. The van der Waals surface area contributed by atoms with Gasteiger partial charge >= 0.3 is 52.4 Å². The van der Waals surface area contributed by atoms with E-state index < -0.39 is 0 Å². The van der Waals surface area contributed by atoms with Crippen LogP contribution in [0.1, 0.15) is 86.5 Å². The van der Waals surface area contributed by atoms with E-state index in [-0.39, 0.29) is 52.4 Å². The molecular formula is C42H52Si2Zr2. The standard InChI is InChI=1S/2C10H9.2C9H11.2C2H6Si.2Zr/c2*1-8-6-7-9-4-2-3-5-10(8)9;2*1-2-5-9-7-3-6-8(9)4-1;2*1-3-2;;/h2*2-5,7-8H,1H3;2*1-2,4,6,9H,3,5,7H2;2*1-2H3;;/q4*-1;;;2*+2. The number of rotatable bonds is 0. The molecule has 0 bridgehead atoms. The molecule has 0 nitrogen and oxygen atoms in total. The molecule has 0 amide bonds. The second kappa shape index (κ2) is 24.9. The molecule has 46 heavy (non-hydrogen) atoms. The average molecular weight is 795 g/mol. The van der Waals surface area contributed by atoms with Crippen LogP contribution in [0.3, 0.4) is 0 Å². The monoisotopic (exact) mass is 792 g/mol. The number of benzene rings is 2. The summed E-state index contributed by atoms with van der Waals surface area (Å²) >= 11 is 0. The normalized spacial score (nSPS) is 22.1. The van der Waals surface area contributed by atoms with Crippen LogP contribution in [0.2, 0.25) is 26.2 Å². The largest absolute Gasteiger partial charge is 2.00 e. The molecule has 236 valence electrons. The molecule has 0 saturated heterocycles. The van der Waals surface area contributed by atoms with Gasteiger partial charge in [-0.05, 0) is 24.7 Å². The first-order valence-corrected chi connectivity index (χ1v) is 20.5. The van der Waals surface area contributed by atoms with Crippen molar-refractivity contribution in [2.24, 2.45) is 11.8 Å². The summed E-state index contributed by atoms with van der Waals surface area (Å²) in [7, 11) is 2.17. The Labute approximate surface area is 326 Å². The third-order valence-corrected chi connectivity index (χ3v) is 8.33. The van der Waals surface area contributed by atoms with Crippen LogP contribution in [0, 0.1) is 36.8 Å². The van der Waals surface area contributed by atoms with Crippen LogP contribution >= 0.6 is 0 Å². The molecule has 6 aliphatic carbocycles. The van der Waals surface area contributed by atoms with Gasteiger partial charge in [0.25, 0.3) is 0 Å². The van der Waals surface area contributed by atoms with Crippen LogP contribution in [0.15, 0.2) is 96.1 Å². The van der Waals surface area contributed by atoms with Gasteiger partial charge in [0, 0.05) is 19.0 Å². The molecule has 0 N–H and O–H groups in total. The van der Waals surface area contributed by atoms with Gasteiger partial charge in [-0.25, -0.2) is 48.3 Å². The van der Waals surface area contributed by atoms with Crippen LogP contribution in [-0.2, 0) is 52.4 Å². The molecule has 2 aromatic carbocycles. The summed E-state index contributed by atoms with van der Waals surface area (Å²) in [6.07, 6.45) is 36.7. The van der Waals surface area contributed by atoms with Crippen molar-refractivity contribution in [2.45, 2.75) is 90.4 Å². The molecule has 6 aliphatic rings. The van der Waals surface area contributed by atoms with E-state index in [2.05, 4.69) is 162 Å². The van der Waals surface area contributed by atoms with Crippen molar-refractivity contribution in [3.05, 3.63) is 143 Å². The number of allylic oxidation sites excluding steroid dienone is 10. The predicted octanol–water partition coefficient (Wildman–Crippen LogP) is 11.8. The zero-order chi connectivity index (χ0) is 31.6. The second-order valence-electron chi connectivity index (χ2n) is 11.9. The molecule has 4 atom stereocenters. The minimum Gasteiger partial charge on any atom is -0.269 e. The van der Waals surface area contributed by atoms with Gasteiger partial charge in [-0.2, -0.15) is 11.1 Å². The van der Waals surface area contributed by atoms with E-state index >= 15 is 0 Å². The topological polar surface area (TPSA) is 0 Å². The van der Waals surface area contributed by atoms with Crippen molar-refractivity contribution in [3.8, 4) is 0 Å². The van der Waals surface area contributed by atoms with Crippen molar-refractivity contribution < 1.29 is 52.4 Å². The van der Waals surface area contributed by atoms with E-state index in [4.69, 9.17) is 0 Å². The molecular weight excluding hydrogens is 743 g/mol.